The van der Waals surface area contributed by atoms with Gasteiger partial charge in [0, 0.05) is 5.88 Å². The number of alkyl halides is 1. The summed E-state index contributed by atoms with van der Waals surface area (Å²) in [5, 5.41) is 10.6. The van der Waals surface area contributed by atoms with Crippen molar-refractivity contribution in [3.63, 3.8) is 0 Å². The number of ether oxygens (including phenoxy) is 1. The Balaban J connectivity index is 2.36. The van der Waals surface area contributed by atoms with Gasteiger partial charge < -0.3 is 4.74 Å². The summed E-state index contributed by atoms with van der Waals surface area (Å²) in [5.41, 5.74) is 0. The molecular formula is C5H9ClN4O. The summed E-state index contributed by atoms with van der Waals surface area (Å²) in [4.78, 5) is 0. The van der Waals surface area contributed by atoms with Crippen LogP contribution in [0, 0.1) is 0 Å². The largest absolute Gasteiger partial charge is 0.355 e. The van der Waals surface area contributed by atoms with E-state index in [1.807, 2.05) is 6.92 Å². The molecule has 0 saturated carbocycles. The van der Waals surface area contributed by atoms with Crippen molar-refractivity contribution >= 4 is 11.6 Å². The van der Waals surface area contributed by atoms with E-state index in [9.17, 15) is 0 Å². The van der Waals surface area contributed by atoms with Gasteiger partial charge in [0.25, 0.3) is 0 Å². The fourth-order valence-electron chi connectivity index (χ4n) is 0.626. The van der Waals surface area contributed by atoms with Crippen molar-refractivity contribution in [1.29, 1.82) is 0 Å². The number of hydrogen-bond acceptors (Lipinski definition) is 4. The molecule has 1 rings (SSSR count). The Kier molecular flexibility index (Phi) is 3.25. The summed E-state index contributed by atoms with van der Waals surface area (Å²) in [6.07, 6.45) is 1.35. The molecule has 0 spiro atoms. The van der Waals surface area contributed by atoms with Crippen molar-refractivity contribution in [2.45, 2.75) is 13.2 Å². The number of nitrogens with zero attached hydrogens (tertiary/aromatic N) is 4. The molecule has 0 aliphatic rings. The molecule has 0 aliphatic heterocycles. The first-order chi connectivity index (χ1) is 5.34. The molecule has 0 aliphatic carbocycles. The van der Waals surface area contributed by atoms with Crippen LogP contribution < -0.4 is 0 Å². The van der Waals surface area contributed by atoms with Crippen molar-refractivity contribution in [2.75, 3.05) is 12.5 Å². The molecule has 0 bridgehead atoms. The van der Waals surface area contributed by atoms with Crippen LogP contribution in [0.2, 0.25) is 0 Å². The van der Waals surface area contributed by atoms with Gasteiger partial charge in [-0.2, -0.15) is 0 Å². The van der Waals surface area contributed by atoms with Crippen molar-refractivity contribution < 1.29 is 4.74 Å². The highest BCUT2D eigenvalue weighted by molar-refractivity contribution is 6.17. The van der Waals surface area contributed by atoms with Gasteiger partial charge in [-0.1, -0.05) is 0 Å². The van der Waals surface area contributed by atoms with E-state index < -0.39 is 0 Å². The zero-order chi connectivity index (χ0) is 8.10. The van der Waals surface area contributed by atoms with Crippen molar-refractivity contribution in [3.8, 4) is 0 Å². The van der Waals surface area contributed by atoms with Gasteiger partial charge in [0.2, 0.25) is 0 Å². The van der Waals surface area contributed by atoms with E-state index in [4.69, 9.17) is 16.3 Å². The fourth-order valence-corrected chi connectivity index (χ4v) is 0.716. The van der Waals surface area contributed by atoms with Crippen LogP contribution >= 0.6 is 11.6 Å². The molecule has 1 aromatic rings. The number of tetrazole rings is 1. The molecule has 62 valence electrons. The highest BCUT2D eigenvalue weighted by atomic mass is 35.5. The molecule has 1 unspecified atom stereocenters. The lowest BCUT2D eigenvalue weighted by molar-refractivity contribution is 0.0158. The summed E-state index contributed by atoms with van der Waals surface area (Å²) in [6.45, 7) is 2.35. The van der Waals surface area contributed by atoms with Crippen LogP contribution in [0.25, 0.3) is 0 Å². The minimum atomic E-state index is -0.149. The topological polar surface area (TPSA) is 52.8 Å². The van der Waals surface area contributed by atoms with Crippen molar-refractivity contribution in [1.82, 2.24) is 20.2 Å². The number of aromatic nitrogens is 4. The molecule has 0 aromatic carbocycles. The molecule has 0 amide bonds. The standard InChI is InChI=1S/C5H9ClN4O/c1-5(11-3-2-6)10-4-7-8-9-10/h4-5H,2-3H2,1H3. The third-order valence-corrected chi connectivity index (χ3v) is 1.33. The minimum Gasteiger partial charge on any atom is -0.355 e. The second kappa shape index (κ2) is 4.25. The van der Waals surface area contributed by atoms with E-state index in [1.54, 1.807) is 0 Å². The molecule has 0 N–H and O–H groups in total. The number of halogens is 1. The molecule has 0 fully saturated rings. The maximum atomic E-state index is 5.42. The van der Waals surface area contributed by atoms with E-state index in [0.717, 1.165) is 0 Å². The van der Waals surface area contributed by atoms with Crippen LogP contribution in [-0.4, -0.2) is 32.7 Å². The second-order valence-corrected chi connectivity index (χ2v) is 2.33. The van der Waals surface area contributed by atoms with Gasteiger partial charge >= 0.3 is 0 Å². The first kappa shape index (κ1) is 8.42. The lowest BCUT2D eigenvalue weighted by Gasteiger charge is -2.09. The van der Waals surface area contributed by atoms with Crippen molar-refractivity contribution in [3.05, 3.63) is 6.33 Å². The van der Waals surface area contributed by atoms with Gasteiger partial charge in [-0.25, -0.2) is 4.68 Å². The van der Waals surface area contributed by atoms with Crippen LogP contribution in [0.4, 0.5) is 0 Å². The summed E-state index contributed by atoms with van der Waals surface area (Å²) in [7, 11) is 0. The zero-order valence-electron chi connectivity index (χ0n) is 6.14. The van der Waals surface area contributed by atoms with Crippen LogP contribution in [0.3, 0.4) is 0 Å². The summed E-state index contributed by atoms with van der Waals surface area (Å²) >= 11 is 5.42. The highest BCUT2D eigenvalue weighted by Crippen LogP contribution is 2.02. The average Bonchev–Trinajstić information content (AvgIpc) is 2.52. The maximum absolute atomic E-state index is 5.42. The Labute approximate surface area is 69.3 Å². The average molecular weight is 177 g/mol. The van der Waals surface area contributed by atoms with E-state index >= 15 is 0 Å². The Bertz CT molecular complexity index is 190. The maximum Gasteiger partial charge on any atom is 0.151 e. The number of rotatable bonds is 4. The fraction of sp³-hybridized carbons (Fsp3) is 0.800. The molecule has 5 nitrogen and oxygen atoms in total. The second-order valence-electron chi connectivity index (χ2n) is 1.95. The van der Waals surface area contributed by atoms with Crippen molar-refractivity contribution in [2.24, 2.45) is 0 Å². The van der Waals surface area contributed by atoms with E-state index in [-0.39, 0.29) is 6.23 Å². The van der Waals surface area contributed by atoms with Gasteiger partial charge in [0.15, 0.2) is 6.23 Å². The van der Waals surface area contributed by atoms with E-state index in [0.29, 0.717) is 12.5 Å². The van der Waals surface area contributed by atoms with Gasteiger partial charge in [-0.05, 0) is 17.4 Å². The SMILES string of the molecule is CC(OCCCl)n1cnnn1. The number of hydrogen-bond donors (Lipinski definition) is 0. The van der Waals surface area contributed by atoms with Gasteiger partial charge in [0.1, 0.15) is 6.33 Å². The lowest BCUT2D eigenvalue weighted by atomic mass is 10.6. The molecule has 0 saturated heterocycles. The third-order valence-electron chi connectivity index (χ3n) is 1.17. The van der Waals surface area contributed by atoms with E-state index in [2.05, 4.69) is 15.5 Å². The van der Waals surface area contributed by atoms with Gasteiger partial charge in [0.05, 0.1) is 6.61 Å². The summed E-state index contributed by atoms with van der Waals surface area (Å²) in [6, 6.07) is 0. The molecule has 1 aromatic heterocycles. The molecular weight excluding hydrogens is 168 g/mol. The smallest absolute Gasteiger partial charge is 0.151 e. The predicted octanol–water partition coefficient (Wildman–Crippen LogP) is 0.447. The Morgan fingerprint density at radius 1 is 1.73 bits per heavy atom. The zero-order valence-corrected chi connectivity index (χ0v) is 6.90. The first-order valence-corrected chi connectivity index (χ1v) is 3.78. The third kappa shape index (κ3) is 2.44. The normalized spacial score (nSPS) is 13.3. The van der Waals surface area contributed by atoms with Crippen LogP contribution in [0.5, 0.6) is 0 Å². The first-order valence-electron chi connectivity index (χ1n) is 3.24. The summed E-state index contributed by atoms with van der Waals surface area (Å²) < 4.78 is 6.74. The lowest BCUT2D eigenvalue weighted by Crippen LogP contribution is -2.11. The highest BCUT2D eigenvalue weighted by Gasteiger charge is 2.03. The Morgan fingerprint density at radius 3 is 3.09 bits per heavy atom. The molecule has 0 radical (unpaired) electrons. The molecule has 11 heavy (non-hydrogen) atoms. The van der Waals surface area contributed by atoms with Gasteiger partial charge in [-0.15, -0.1) is 16.7 Å². The predicted molar refractivity (Wildman–Crippen MR) is 39.2 cm³/mol. The summed E-state index contributed by atoms with van der Waals surface area (Å²) in [5.74, 6) is 0.479. The van der Waals surface area contributed by atoms with Crippen LogP contribution in [-0.2, 0) is 4.74 Å². The molecule has 1 heterocycles. The van der Waals surface area contributed by atoms with Crippen LogP contribution in [0.1, 0.15) is 13.2 Å². The van der Waals surface area contributed by atoms with Gasteiger partial charge in [-0.3, -0.25) is 0 Å². The monoisotopic (exact) mass is 176 g/mol. The Morgan fingerprint density at radius 2 is 2.55 bits per heavy atom. The Hall–Kier alpha value is -0.680. The molecule has 6 heteroatoms. The quantitative estimate of drug-likeness (QED) is 0.625. The molecule has 1 atom stereocenters. The van der Waals surface area contributed by atoms with Crippen LogP contribution in [0.15, 0.2) is 6.33 Å². The minimum absolute atomic E-state index is 0.149. The van der Waals surface area contributed by atoms with E-state index in [1.165, 1.54) is 11.0 Å².